The second-order valence-electron chi connectivity index (χ2n) is 8.78. The molecule has 0 unspecified atom stereocenters. The minimum Gasteiger partial charge on any atom is -0.480 e. The highest BCUT2D eigenvalue weighted by Gasteiger charge is 2.22. The van der Waals surface area contributed by atoms with Crippen LogP contribution in [-0.2, 0) is 4.79 Å². The summed E-state index contributed by atoms with van der Waals surface area (Å²) >= 11 is 0. The lowest BCUT2D eigenvalue weighted by atomic mass is 9.98. The molecule has 1 aliphatic rings. The molecule has 2 atom stereocenters. The number of benzene rings is 2. The molecule has 162 valence electrons. The van der Waals surface area contributed by atoms with Gasteiger partial charge in [-0.25, -0.2) is 0 Å². The second-order valence-corrected chi connectivity index (χ2v) is 8.78. The van der Waals surface area contributed by atoms with E-state index in [1.165, 1.54) is 18.5 Å². The first-order chi connectivity index (χ1) is 14.4. The molecule has 1 N–H and O–H groups in total. The summed E-state index contributed by atoms with van der Waals surface area (Å²) in [5.41, 5.74) is 4.55. The van der Waals surface area contributed by atoms with E-state index < -0.39 is 6.10 Å². The van der Waals surface area contributed by atoms with Gasteiger partial charge >= 0.3 is 0 Å². The molecule has 0 bridgehead atoms. The maximum atomic E-state index is 12.9. The molecule has 1 amide bonds. The molecule has 3 rings (SSSR count). The van der Waals surface area contributed by atoms with Crippen LogP contribution in [0.1, 0.15) is 62.8 Å². The molecule has 30 heavy (non-hydrogen) atoms. The summed E-state index contributed by atoms with van der Waals surface area (Å²) in [5.74, 6) is 1.54. The quantitative estimate of drug-likeness (QED) is 0.651. The van der Waals surface area contributed by atoms with Crippen LogP contribution >= 0.6 is 0 Å². The maximum absolute atomic E-state index is 12.9. The third kappa shape index (κ3) is 5.56. The highest BCUT2D eigenvalue weighted by atomic mass is 16.5. The molecule has 0 aliphatic carbocycles. The fourth-order valence-electron chi connectivity index (χ4n) is 3.94. The van der Waals surface area contributed by atoms with Gasteiger partial charge in [-0.05, 0) is 80.8 Å². The topological polar surface area (TPSA) is 41.6 Å². The third-order valence-corrected chi connectivity index (χ3v) is 6.18. The number of ether oxygens (including phenoxy) is 1. The van der Waals surface area contributed by atoms with E-state index in [0.717, 1.165) is 41.4 Å². The average molecular weight is 409 g/mol. The van der Waals surface area contributed by atoms with E-state index in [4.69, 9.17) is 4.74 Å². The lowest BCUT2D eigenvalue weighted by molar-refractivity contribution is -0.128. The second kappa shape index (κ2) is 10.0. The Morgan fingerprint density at radius 2 is 1.80 bits per heavy atom. The van der Waals surface area contributed by atoms with Crippen LogP contribution in [0.25, 0.3) is 0 Å². The van der Waals surface area contributed by atoms with Gasteiger partial charge in [0.1, 0.15) is 5.75 Å². The van der Waals surface area contributed by atoms with E-state index in [9.17, 15) is 4.79 Å². The zero-order valence-corrected chi connectivity index (χ0v) is 19.1. The van der Waals surface area contributed by atoms with Crippen LogP contribution in [0, 0.1) is 19.8 Å². The van der Waals surface area contributed by atoms with Crippen LogP contribution in [0.5, 0.6) is 5.75 Å². The predicted octanol–water partition coefficient (Wildman–Crippen LogP) is 5.57. The average Bonchev–Trinajstić information content (AvgIpc) is 2.74. The highest BCUT2D eigenvalue weighted by Crippen LogP contribution is 2.25. The van der Waals surface area contributed by atoms with Gasteiger partial charge in [0.05, 0.1) is 6.04 Å². The van der Waals surface area contributed by atoms with Crippen LogP contribution in [-0.4, -0.2) is 25.1 Å². The summed E-state index contributed by atoms with van der Waals surface area (Å²) in [4.78, 5) is 15.3. The van der Waals surface area contributed by atoms with Crippen LogP contribution in [0.3, 0.4) is 0 Å². The first kappa shape index (κ1) is 22.2. The van der Waals surface area contributed by atoms with Gasteiger partial charge in [-0.1, -0.05) is 38.1 Å². The number of hydrogen-bond donors (Lipinski definition) is 1. The van der Waals surface area contributed by atoms with Crippen molar-refractivity contribution in [2.24, 2.45) is 5.92 Å². The number of rotatable bonds is 7. The molecule has 1 aliphatic heterocycles. The van der Waals surface area contributed by atoms with Gasteiger partial charge in [-0.3, -0.25) is 4.79 Å². The first-order valence-corrected chi connectivity index (χ1v) is 11.3. The summed E-state index contributed by atoms with van der Waals surface area (Å²) in [7, 11) is 0. The van der Waals surface area contributed by atoms with E-state index in [-0.39, 0.29) is 11.9 Å². The van der Waals surface area contributed by atoms with Crippen molar-refractivity contribution in [2.45, 2.75) is 66.0 Å². The van der Waals surface area contributed by atoms with Crippen LogP contribution in [0.2, 0.25) is 0 Å². The Morgan fingerprint density at radius 3 is 2.43 bits per heavy atom. The van der Waals surface area contributed by atoms with Crippen molar-refractivity contribution < 1.29 is 9.53 Å². The number of nitrogens with one attached hydrogen (secondary N) is 1. The molecule has 4 nitrogen and oxygen atoms in total. The van der Waals surface area contributed by atoms with Gasteiger partial charge in [-0.2, -0.15) is 0 Å². The number of nitrogens with zero attached hydrogens (tertiary/aromatic N) is 1. The lowest BCUT2D eigenvalue weighted by Crippen LogP contribution is -2.39. The summed E-state index contributed by atoms with van der Waals surface area (Å²) in [6, 6.07) is 14.6. The molecule has 0 saturated carbocycles. The summed E-state index contributed by atoms with van der Waals surface area (Å²) in [6.45, 7) is 12.6. The van der Waals surface area contributed by atoms with Crippen molar-refractivity contribution in [1.29, 1.82) is 0 Å². The number of hydrogen-bond acceptors (Lipinski definition) is 3. The van der Waals surface area contributed by atoms with Crippen LogP contribution in [0.4, 0.5) is 5.69 Å². The minimum absolute atomic E-state index is 0.0656. The Kier molecular flexibility index (Phi) is 7.41. The predicted molar refractivity (Wildman–Crippen MR) is 124 cm³/mol. The van der Waals surface area contributed by atoms with E-state index in [1.54, 1.807) is 0 Å². The molecule has 0 radical (unpaired) electrons. The van der Waals surface area contributed by atoms with Crippen molar-refractivity contribution in [1.82, 2.24) is 5.32 Å². The molecule has 2 aromatic rings. The molecule has 0 spiro atoms. The molecular formula is C26H36N2O2. The zero-order valence-electron chi connectivity index (χ0n) is 19.1. The summed E-state index contributed by atoms with van der Waals surface area (Å²) in [6.07, 6.45) is 2.64. The standard InChI is InChI=1S/C26H36N2O2/c1-6-24(30-25-17-19(3)7-8-20(25)4)26(29)27-21(5)22-9-11-23(12-10-22)28-15-13-18(2)14-16-28/h7-12,17-18,21,24H,6,13-16H2,1-5H3,(H,27,29)/t21-,24+/m1/s1. The van der Waals surface area contributed by atoms with Crippen molar-refractivity contribution in [3.05, 3.63) is 59.2 Å². The summed E-state index contributed by atoms with van der Waals surface area (Å²) < 4.78 is 6.06. The fraction of sp³-hybridized carbons (Fsp3) is 0.500. The van der Waals surface area contributed by atoms with Gasteiger partial charge in [0.15, 0.2) is 6.10 Å². The van der Waals surface area contributed by atoms with E-state index >= 15 is 0 Å². The monoisotopic (exact) mass is 408 g/mol. The molecule has 1 fully saturated rings. The molecule has 1 saturated heterocycles. The van der Waals surface area contributed by atoms with Gasteiger partial charge in [-0.15, -0.1) is 0 Å². The Hall–Kier alpha value is -2.49. The third-order valence-electron chi connectivity index (χ3n) is 6.18. The van der Waals surface area contributed by atoms with Gasteiger partial charge < -0.3 is 15.0 Å². The number of amides is 1. The van der Waals surface area contributed by atoms with E-state index in [2.05, 4.69) is 47.5 Å². The van der Waals surface area contributed by atoms with Gasteiger partial charge in [0.25, 0.3) is 5.91 Å². The Bertz CT molecular complexity index is 839. The van der Waals surface area contributed by atoms with Gasteiger partial charge in [0.2, 0.25) is 0 Å². The number of piperidine rings is 1. The number of carbonyl (C=O) groups excluding carboxylic acids is 1. The Balaban J connectivity index is 1.60. The SMILES string of the molecule is CC[C@H](Oc1cc(C)ccc1C)C(=O)N[C@H](C)c1ccc(N2CCC(C)CC2)cc1. The van der Waals surface area contributed by atoms with Gasteiger partial charge in [0, 0.05) is 18.8 Å². The molecular weight excluding hydrogens is 372 g/mol. The molecule has 4 heteroatoms. The largest absolute Gasteiger partial charge is 0.480 e. The molecule has 2 aromatic carbocycles. The Labute approximate surface area is 181 Å². The smallest absolute Gasteiger partial charge is 0.261 e. The maximum Gasteiger partial charge on any atom is 0.261 e. The van der Waals surface area contributed by atoms with Crippen molar-refractivity contribution in [3.63, 3.8) is 0 Å². The summed E-state index contributed by atoms with van der Waals surface area (Å²) in [5, 5.41) is 3.13. The normalized spacial score (nSPS) is 16.8. The van der Waals surface area contributed by atoms with Crippen molar-refractivity contribution in [2.75, 3.05) is 18.0 Å². The first-order valence-electron chi connectivity index (χ1n) is 11.3. The van der Waals surface area contributed by atoms with Crippen molar-refractivity contribution in [3.8, 4) is 5.75 Å². The molecule has 0 aromatic heterocycles. The number of carbonyl (C=O) groups is 1. The van der Waals surface area contributed by atoms with Crippen molar-refractivity contribution >= 4 is 11.6 Å². The van der Waals surface area contributed by atoms with Crippen LogP contribution < -0.4 is 15.0 Å². The fourth-order valence-corrected chi connectivity index (χ4v) is 3.94. The zero-order chi connectivity index (χ0) is 21.7. The molecule has 1 heterocycles. The Morgan fingerprint density at radius 1 is 1.13 bits per heavy atom. The van der Waals surface area contributed by atoms with Crippen LogP contribution in [0.15, 0.2) is 42.5 Å². The number of anilines is 1. The van der Waals surface area contributed by atoms with E-state index in [1.807, 2.05) is 39.8 Å². The highest BCUT2D eigenvalue weighted by molar-refractivity contribution is 5.81. The number of aryl methyl sites for hydroxylation is 2. The minimum atomic E-state index is -0.498. The van der Waals surface area contributed by atoms with E-state index in [0.29, 0.717) is 6.42 Å². The lowest BCUT2D eigenvalue weighted by Gasteiger charge is -2.32.